The van der Waals surface area contributed by atoms with Crippen LogP contribution in [-0.4, -0.2) is 46.8 Å². The van der Waals surface area contributed by atoms with E-state index in [0.29, 0.717) is 13.0 Å². The summed E-state index contributed by atoms with van der Waals surface area (Å²) < 4.78 is 0. The lowest BCUT2D eigenvalue weighted by molar-refractivity contribution is -0.141. The molecule has 11 heavy (non-hydrogen) atoms. The van der Waals surface area contributed by atoms with Crippen molar-refractivity contribution in [3.05, 3.63) is 0 Å². The third-order valence-corrected chi connectivity index (χ3v) is 1.81. The Morgan fingerprint density at radius 1 is 1.64 bits per heavy atom. The Balaban J connectivity index is 0.000001000. The van der Waals surface area contributed by atoms with Gasteiger partial charge in [0.2, 0.25) is 0 Å². The lowest BCUT2D eigenvalue weighted by Gasteiger charge is -2.12. The van der Waals surface area contributed by atoms with Crippen molar-refractivity contribution in [2.45, 2.75) is 18.6 Å². The maximum atomic E-state index is 10.4. The first-order valence-corrected chi connectivity index (χ1v) is 3.22. The van der Waals surface area contributed by atoms with Crippen molar-refractivity contribution < 1.29 is 15.0 Å². The van der Waals surface area contributed by atoms with Gasteiger partial charge in [0.15, 0.2) is 0 Å². The minimum absolute atomic E-state index is 0. The van der Waals surface area contributed by atoms with Crippen LogP contribution in [0.3, 0.4) is 0 Å². The molecule has 0 unspecified atom stereocenters. The highest BCUT2D eigenvalue weighted by Gasteiger charge is 2.32. The van der Waals surface area contributed by atoms with Gasteiger partial charge in [-0.2, -0.15) is 0 Å². The molecule has 2 N–H and O–H groups in total. The molecule has 1 aliphatic rings. The second kappa shape index (κ2) is 3.90. The van der Waals surface area contributed by atoms with Gasteiger partial charge >= 0.3 is 5.97 Å². The zero-order chi connectivity index (χ0) is 7.72. The van der Waals surface area contributed by atoms with Crippen LogP contribution in [0.1, 0.15) is 6.42 Å². The Bertz CT molecular complexity index is 153. The lowest BCUT2D eigenvalue weighted by atomic mass is 10.2. The van der Waals surface area contributed by atoms with E-state index in [2.05, 4.69) is 0 Å². The maximum Gasteiger partial charge on any atom is 0.321 e. The number of hydrogen-bond donors (Lipinski definition) is 2. The van der Waals surface area contributed by atoms with Crippen LogP contribution in [0.4, 0.5) is 0 Å². The van der Waals surface area contributed by atoms with Crippen molar-refractivity contribution in [2.24, 2.45) is 0 Å². The van der Waals surface area contributed by atoms with Crippen LogP contribution in [0, 0.1) is 0 Å². The summed E-state index contributed by atoms with van der Waals surface area (Å²) in [6.07, 6.45) is -0.114. The number of β-amino-alcohol motifs (C(OH)–C–C–N with tert-alkyl or cyclic N) is 1. The standard InChI is InChI=1S/C6H11NO3.ClH/c1-7-3-4(8)2-5(7)6(9)10;/h4-5,8H,2-3H2,1H3,(H,9,10);1H/t4-,5-;/m0./s1. The fraction of sp³-hybridized carbons (Fsp3) is 0.833. The van der Waals surface area contributed by atoms with Crippen molar-refractivity contribution in [2.75, 3.05) is 13.6 Å². The maximum absolute atomic E-state index is 10.4. The highest BCUT2D eigenvalue weighted by atomic mass is 35.5. The molecule has 0 radical (unpaired) electrons. The Hall–Kier alpha value is -0.320. The number of nitrogens with zero attached hydrogens (tertiary/aromatic N) is 1. The Kier molecular flexibility index (Phi) is 3.78. The van der Waals surface area contributed by atoms with Crippen molar-refractivity contribution >= 4 is 18.4 Å². The molecule has 0 spiro atoms. The van der Waals surface area contributed by atoms with Crippen LogP contribution in [-0.2, 0) is 4.79 Å². The highest BCUT2D eigenvalue weighted by molar-refractivity contribution is 5.85. The van der Waals surface area contributed by atoms with Crippen LogP contribution in [0.2, 0.25) is 0 Å². The molecule has 0 aliphatic carbocycles. The number of carboxylic acid groups (broad SMARTS) is 1. The molecular formula is C6H12ClNO3. The molecule has 0 aromatic rings. The Morgan fingerprint density at radius 2 is 2.18 bits per heavy atom. The van der Waals surface area contributed by atoms with Gasteiger partial charge in [-0.1, -0.05) is 0 Å². The summed E-state index contributed by atoms with van der Waals surface area (Å²) in [6, 6.07) is -0.491. The number of likely N-dealkylation sites (N-methyl/N-ethyl adjacent to an activating group) is 1. The summed E-state index contributed by atoms with van der Waals surface area (Å²) >= 11 is 0. The van der Waals surface area contributed by atoms with Crippen molar-refractivity contribution in [3.8, 4) is 0 Å². The summed E-state index contributed by atoms with van der Waals surface area (Å²) in [6.45, 7) is 0.469. The second-order valence-corrected chi connectivity index (χ2v) is 2.68. The summed E-state index contributed by atoms with van der Waals surface area (Å²) in [7, 11) is 1.70. The first kappa shape index (κ1) is 10.7. The van der Waals surface area contributed by atoms with Crippen LogP contribution < -0.4 is 0 Å². The zero-order valence-corrected chi connectivity index (χ0v) is 7.04. The third kappa shape index (κ3) is 2.32. The third-order valence-electron chi connectivity index (χ3n) is 1.81. The molecule has 66 valence electrons. The van der Waals surface area contributed by atoms with Gasteiger partial charge in [0.05, 0.1) is 6.10 Å². The summed E-state index contributed by atoms with van der Waals surface area (Å²) in [5.74, 6) is -0.848. The van der Waals surface area contributed by atoms with Gasteiger partial charge in [0.1, 0.15) is 6.04 Å². The predicted octanol–water partition coefficient (Wildman–Crippen LogP) is -0.442. The normalized spacial score (nSPS) is 31.5. The van der Waals surface area contributed by atoms with Crippen molar-refractivity contribution in [3.63, 3.8) is 0 Å². The van der Waals surface area contributed by atoms with E-state index in [1.54, 1.807) is 11.9 Å². The van der Waals surface area contributed by atoms with Crippen LogP contribution in [0.5, 0.6) is 0 Å². The number of aliphatic carboxylic acids is 1. The molecule has 1 heterocycles. The number of aliphatic hydroxyl groups excluding tert-OH is 1. The smallest absolute Gasteiger partial charge is 0.321 e. The number of likely N-dealkylation sites (tertiary alicyclic amines) is 1. The molecule has 0 saturated carbocycles. The quantitative estimate of drug-likeness (QED) is 0.576. The minimum Gasteiger partial charge on any atom is -0.480 e. The number of rotatable bonds is 1. The number of hydrogen-bond acceptors (Lipinski definition) is 3. The van der Waals surface area contributed by atoms with Gasteiger partial charge in [-0.15, -0.1) is 12.4 Å². The van der Waals surface area contributed by atoms with E-state index in [4.69, 9.17) is 10.2 Å². The second-order valence-electron chi connectivity index (χ2n) is 2.68. The summed E-state index contributed by atoms with van der Waals surface area (Å²) in [5, 5.41) is 17.6. The molecule has 1 fully saturated rings. The molecule has 0 bridgehead atoms. The first-order valence-electron chi connectivity index (χ1n) is 3.22. The van der Waals surface area contributed by atoms with E-state index < -0.39 is 18.1 Å². The minimum atomic E-state index is -0.848. The predicted molar refractivity (Wildman–Crippen MR) is 41.9 cm³/mol. The van der Waals surface area contributed by atoms with Crippen molar-refractivity contribution in [1.29, 1.82) is 0 Å². The fourth-order valence-corrected chi connectivity index (χ4v) is 1.26. The van der Waals surface area contributed by atoms with Gasteiger partial charge in [0, 0.05) is 13.0 Å². The van der Waals surface area contributed by atoms with Gasteiger partial charge in [-0.3, -0.25) is 9.69 Å². The van der Waals surface area contributed by atoms with E-state index in [9.17, 15) is 4.79 Å². The number of aliphatic hydroxyl groups is 1. The topological polar surface area (TPSA) is 60.8 Å². The largest absolute Gasteiger partial charge is 0.480 e. The van der Waals surface area contributed by atoms with Crippen LogP contribution in [0.15, 0.2) is 0 Å². The molecule has 1 saturated heterocycles. The number of carboxylic acids is 1. The number of halogens is 1. The first-order chi connectivity index (χ1) is 4.61. The van der Waals surface area contributed by atoms with E-state index >= 15 is 0 Å². The lowest BCUT2D eigenvalue weighted by Crippen LogP contribution is -2.32. The van der Waals surface area contributed by atoms with E-state index in [0.717, 1.165) is 0 Å². The van der Waals surface area contributed by atoms with Crippen LogP contribution in [0.25, 0.3) is 0 Å². The molecule has 0 amide bonds. The molecule has 1 aliphatic heterocycles. The molecule has 5 heteroatoms. The monoisotopic (exact) mass is 181 g/mol. The highest BCUT2D eigenvalue weighted by Crippen LogP contribution is 2.14. The molecular weight excluding hydrogens is 170 g/mol. The molecule has 4 nitrogen and oxygen atoms in total. The van der Waals surface area contributed by atoms with Gasteiger partial charge in [-0.25, -0.2) is 0 Å². The molecule has 1 rings (SSSR count). The van der Waals surface area contributed by atoms with Gasteiger partial charge in [-0.05, 0) is 7.05 Å². The molecule has 0 aromatic heterocycles. The average Bonchev–Trinajstić information content (AvgIpc) is 2.10. The van der Waals surface area contributed by atoms with Crippen LogP contribution >= 0.6 is 12.4 Å². The summed E-state index contributed by atoms with van der Waals surface area (Å²) in [4.78, 5) is 12.1. The SMILES string of the molecule is CN1C[C@@H](O)C[C@H]1C(=O)O.Cl. The number of carbonyl (C=O) groups is 1. The fourth-order valence-electron chi connectivity index (χ4n) is 1.26. The zero-order valence-electron chi connectivity index (χ0n) is 6.23. The van der Waals surface area contributed by atoms with Gasteiger partial charge < -0.3 is 10.2 Å². The van der Waals surface area contributed by atoms with Crippen molar-refractivity contribution in [1.82, 2.24) is 4.90 Å². The Labute approximate surface area is 71.2 Å². The van der Waals surface area contributed by atoms with Gasteiger partial charge in [0.25, 0.3) is 0 Å². The van der Waals surface area contributed by atoms with E-state index in [1.807, 2.05) is 0 Å². The molecule has 2 atom stereocenters. The Morgan fingerprint density at radius 3 is 2.36 bits per heavy atom. The molecule has 0 aromatic carbocycles. The van der Waals surface area contributed by atoms with E-state index in [-0.39, 0.29) is 12.4 Å². The average molecular weight is 182 g/mol. The van der Waals surface area contributed by atoms with E-state index in [1.165, 1.54) is 0 Å². The summed E-state index contributed by atoms with van der Waals surface area (Å²) in [5.41, 5.74) is 0.